The molecule has 30 heavy (non-hydrogen) atoms. The van der Waals surface area contributed by atoms with Crippen molar-refractivity contribution in [1.29, 1.82) is 0 Å². The van der Waals surface area contributed by atoms with E-state index in [-0.39, 0.29) is 18.2 Å². The molecule has 2 aromatic carbocycles. The molecule has 6 heteroatoms. The number of carbonyl (C=O) groups is 1. The zero-order valence-corrected chi connectivity index (χ0v) is 16.9. The van der Waals surface area contributed by atoms with Gasteiger partial charge in [0.2, 0.25) is 5.91 Å². The van der Waals surface area contributed by atoms with E-state index in [0.29, 0.717) is 0 Å². The molecule has 4 rings (SSSR count). The summed E-state index contributed by atoms with van der Waals surface area (Å²) in [6.45, 7) is 3.60. The molecule has 1 fully saturated rings. The van der Waals surface area contributed by atoms with E-state index >= 15 is 0 Å². The van der Waals surface area contributed by atoms with Crippen LogP contribution >= 0.6 is 0 Å². The zero-order chi connectivity index (χ0) is 21.3. The lowest BCUT2D eigenvalue weighted by molar-refractivity contribution is -0.137. The third-order valence-corrected chi connectivity index (χ3v) is 6.07. The summed E-state index contributed by atoms with van der Waals surface area (Å²) in [5, 5.41) is 1.02. The number of aryl methyl sites for hydroxylation is 1. The highest BCUT2D eigenvalue weighted by molar-refractivity contribution is 5.88. The monoisotopic (exact) mass is 414 g/mol. The second kappa shape index (κ2) is 8.17. The molecule has 1 aliphatic heterocycles. The van der Waals surface area contributed by atoms with Crippen LogP contribution in [-0.4, -0.2) is 28.9 Å². The third kappa shape index (κ3) is 3.95. The van der Waals surface area contributed by atoms with Crippen LogP contribution < -0.4 is 0 Å². The molecule has 3 nitrogen and oxygen atoms in total. The molecule has 2 heterocycles. The number of rotatable bonds is 5. The predicted molar refractivity (Wildman–Crippen MR) is 111 cm³/mol. The van der Waals surface area contributed by atoms with Crippen LogP contribution in [0.15, 0.2) is 48.7 Å². The molecule has 1 amide bonds. The number of fused-ring (bicyclic) bond motifs is 1. The summed E-state index contributed by atoms with van der Waals surface area (Å²) in [6, 6.07) is 11.3. The minimum absolute atomic E-state index is 0.0541. The van der Waals surface area contributed by atoms with Gasteiger partial charge in [0.1, 0.15) is 0 Å². The lowest BCUT2D eigenvalue weighted by atomic mass is 9.87. The normalized spacial score (nSPS) is 15.7. The van der Waals surface area contributed by atoms with Gasteiger partial charge in [-0.3, -0.25) is 4.79 Å². The maximum atomic E-state index is 13.0. The van der Waals surface area contributed by atoms with Gasteiger partial charge in [0.05, 0.1) is 5.56 Å². The molecular formula is C24H25F3N2O. The molecule has 0 radical (unpaired) electrons. The van der Waals surface area contributed by atoms with Crippen LogP contribution in [0.4, 0.5) is 13.2 Å². The average molecular weight is 414 g/mol. The van der Waals surface area contributed by atoms with E-state index in [9.17, 15) is 18.0 Å². The number of hydrogen-bond acceptors (Lipinski definition) is 1. The number of likely N-dealkylation sites (tertiary alicyclic amines) is 1. The van der Waals surface area contributed by atoms with Crippen LogP contribution in [0.25, 0.3) is 10.9 Å². The third-order valence-electron chi connectivity index (χ3n) is 6.07. The van der Waals surface area contributed by atoms with Gasteiger partial charge < -0.3 is 9.88 Å². The largest absolute Gasteiger partial charge is 0.416 e. The minimum Gasteiger partial charge on any atom is -0.361 e. The molecule has 1 aliphatic rings. The second-order valence-corrected chi connectivity index (χ2v) is 7.90. The number of alkyl halides is 3. The Morgan fingerprint density at radius 3 is 2.43 bits per heavy atom. The Hall–Kier alpha value is -2.76. The Kier molecular flexibility index (Phi) is 5.58. The SMILES string of the molecule is CCc1cccc2c([C@H](CC(=O)N3CCCC3)c3ccc(C(F)(F)F)cc3)c[nH]c12. The van der Waals surface area contributed by atoms with E-state index in [0.717, 1.165) is 66.5 Å². The molecule has 0 saturated carbocycles. The van der Waals surface area contributed by atoms with Crippen molar-refractivity contribution in [1.82, 2.24) is 9.88 Å². The topological polar surface area (TPSA) is 36.1 Å². The summed E-state index contributed by atoms with van der Waals surface area (Å²) in [5.74, 6) is -0.250. The zero-order valence-electron chi connectivity index (χ0n) is 16.9. The fourth-order valence-electron chi connectivity index (χ4n) is 4.40. The van der Waals surface area contributed by atoms with Gasteiger partial charge in [0, 0.05) is 42.5 Å². The highest BCUT2D eigenvalue weighted by atomic mass is 19.4. The maximum absolute atomic E-state index is 13.0. The first-order valence-corrected chi connectivity index (χ1v) is 10.4. The molecular weight excluding hydrogens is 389 g/mol. The van der Waals surface area contributed by atoms with E-state index in [1.54, 1.807) is 0 Å². The summed E-state index contributed by atoms with van der Waals surface area (Å²) in [4.78, 5) is 18.1. The quantitative estimate of drug-likeness (QED) is 0.555. The number of nitrogens with zero attached hydrogens (tertiary/aromatic N) is 1. The van der Waals surface area contributed by atoms with Gasteiger partial charge in [0.25, 0.3) is 0 Å². The Bertz CT molecular complexity index is 1030. The van der Waals surface area contributed by atoms with Crippen LogP contribution in [0, 0.1) is 0 Å². The van der Waals surface area contributed by atoms with E-state index < -0.39 is 11.7 Å². The standard InChI is InChI=1S/C24H25F3N2O/c1-2-16-6-5-7-19-21(15-28-23(16)19)20(14-22(30)29-12-3-4-13-29)17-8-10-18(11-9-17)24(25,26)27/h5-11,15,20,28H,2-4,12-14H2,1H3/t20-/m1/s1. The number of aromatic amines is 1. The lowest BCUT2D eigenvalue weighted by Gasteiger charge is -2.22. The second-order valence-electron chi connectivity index (χ2n) is 7.90. The van der Waals surface area contributed by atoms with Crippen molar-refractivity contribution in [3.05, 3.63) is 70.9 Å². The van der Waals surface area contributed by atoms with Crippen molar-refractivity contribution in [2.24, 2.45) is 0 Å². The molecule has 158 valence electrons. The molecule has 1 N–H and O–H groups in total. The van der Waals surface area contributed by atoms with Gasteiger partial charge in [-0.05, 0) is 48.1 Å². The summed E-state index contributed by atoms with van der Waals surface area (Å²) in [5.41, 5.74) is 3.20. The van der Waals surface area contributed by atoms with Crippen LogP contribution in [0.2, 0.25) is 0 Å². The van der Waals surface area contributed by atoms with Gasteiger partial charge in [-0.2, -0.15) is 13.2 Å². The average Bonchev–Trinajstić information content (AvgIpc) is 3.41. The number of carbonyl (C=O) groups excluding carboxylic acids is 1. The van der Waals surface area contributed by atoms with Gasteiger partial charge in [-0.15, -0.1) is 0 Å². The highest BCUT2D eigenvalue weighted by Gasteiger charge is 2.31. The summed E-state index contributed by atoms with van der Waals surface area (Å²) < 4.78 is 39.1. The van der Waals surface area contributed by atoms with Crippen molar-refractivity contribution in [2.45, 2.75) is 44.7 Å². The van der Waals surface area contributed by atoms with Crippen molar-refractivity contribution >= 4 is 16.8 Å². The fourth-order valence-corrected chi connectivity index (χ4v) is 4.40. The van der Waals surface area contributed by atoms with Crippen LogP contribution in [-0.2, 0) is 17.4 Å². The van der Waals surface area contributed by atoms with Crippen LogP contribution in [0.5, 0.6) is 0 Å². The maximum Gasteiger partial charge on any atom is 0.416 e. The number of hydrogen-bond donors (Lipinski definition) is 1. The van der Waals surface area contributed by atoms with Gasteiger partial charge in [-0.1, -0.05) is 37.3 Å². The first kappa shape index (κ1) is 20.5. The van der Waals surface area contributed by atoms with Crippen LogP contribution in [0.3, 0.4) is 0 Å². The van der Waals surface area contributed by atoms with Crippen molar-refractivity contribution < 1.29 is 18.0 Å². The van der Waals surface area contributed by atoms with Crippen molar-refractivity contribution in [3.8, 4) is 0 Å². The lowest BCUT2D eigenvalue weighted by Crippen LogP contribution is -2.29. The molecule has 1 saturated heterocycles. The number of halogens is 3. The van der Waals surface area contributed by atoms with E-state index in [2.05, 4.69) is 18.0 Å². The molecule has 1 atom stereocenters. The smallest absolute Gasteiger partial charge is 0.361 e. The molecule has 0 aliphatic carbocycles. The molecule has 3 aromatic rings. The number of nitrogens with one attached hydrogen (secondary N) is 1. The van der Waals surface area contributed by atoms with E-state index in [1.165, 1.54) is 17.7 Å². The van der Waals surface area contributed by atoms with E-state index in [4.69, 9.17) is 0 Å². The summed E-state index contributed by atoms with van der Waals surface area (Å²) in [7, 11) is 0. The van der Waals surface area contributed by atoms with Gasteiger partial charge in [0.15, 0.2) is 0 Å². The Morgan fingerprint density at radius 1 is 1.10 bits per heavy atom. The first-order valence-electron chi connectivity index (χ1n) is 10.4. The predicted octanol–water partition coefficient (Wildman–Crippen LogP) is 5.89. The Morgan fingerprint density at radius 2 is 1.80 bits per heavy atom. The number of para-hydroxylation sites is 1. The number of amides is 1. The van der Waals surface area contributed by atoms with Crippen molar-refractivity contribution in [3.63, 3.8) is 0 Å². The molecule has 0 bridgehead atoms. The minimum atomic E-state index is -4.38. The van der Waals surface area contributed by atoms with E-state index in [1.807, 2.05) is 23.2 Å². The number of benzene rings is 2. The molecule has 0 unspecified atom stereocenters. The van der Waals surface area contributed by atoms with Gasteiger partial charge in [-0.25, -0.2) is 0 Å². The van der Waals surface area contributed by atoms with Gasteiger partial charge >= 0.3 is 6.18 Å². The first-order chi connectivity index (χ1) is 14.4. The Balaban J connectivity index is 1.75. The highest BCUT2D eigenvalue weighted by Crippen LogP contribution is 2.37. The summed E-state index contributed by atoms with van der Waals surface area (Å²) >= 11 is 0. The molecule has 1 aromatic heterocycles. The number of aromatic nitrogens is 1. The van der Waals surface area contributed by atoms with Crippen LogP contribution in [0.1, 0.15) is 54.4 Å². The summed E-state index contributed by atoms with van der Waals surface area (Å²) in [6.07, 6.45) is 0.649. The van der Waals surface area contributed by atoms with Crippen molar-refractivity contribution in [2.75, 3.05) is 13.1 Å². The Labute approximate surface area is 173 Å². The molecule has 0 spiro atoms. The number of H-pyrrole nitrogens is 1. The fraction of sp³-hybridized carbons (Fsp3) is 0.375.